The van der Waals surface area contributed by atoms with Crippen molar-refractivity contribution in [2.45, 2.75) is 32.9 Å². The maximum atomic E-state index is 2.59. The van der Waals surface area contributed by atoms with E-state index >= 15 is 0 Å². The predicted molar refractivity (Wildman–Crippen MR) is 102 cm³/mol. The van der Waals surface area contributed by atoms with Crippen LogP contribution in [0.4, 0.5) is 0 Å². The Hall–Kier alpha value is -2.13. The summed E-state index contributed by atoms with van der Waals surface area (Å²) in [7, 11) is 6.83. The zero-order valence-corrected chi connectivity index (χ0v) is 15.9. The van der Waals surface area contributed by atoms with Crippen LogP contribution in [-0.2, 0) is 33.0 Å². The van der Waals surface area contributed by atoms with Crippen molar-refractivity contribution in [1.82, 2.24) is 4.57 Å². The average molecular weight is 335 g/mol. The van der Waals surface area contributed by atoms with Crippen molar-refractivity contribution >= 4 is 10.9 Å². The third kappa shape index (κ3) is 2.98. The molecule has 1 aromatic carbocycles. The summed E-state index contributed by atoms with van der Waals surface area (Å²) in [5.41, 5.74) is 7.25. The molecule has 3 heterocycles. The van der Waals surface area contributed by atoms with E-state index in [1.807, 2.05) is 0 Å². The van der Waals surface area contributed by atoms with Crippen LogP contribution in [0.5, 0.6) is 0 Å². The maximum absolute atomic E-state index is 2.59. The minimum Gasteiger partial charge on any atom is -0.344 e. The van der Waals surface area contributed by atoms with Gasteiger partial charge in [-0.25, -0.2) is 4.57 Å². The Morgan fingerprint density at radius 2 is 1.92 bits per heavy atom. The molecule has 2 aromatic heterocycles. The number of hydrogen-bond donors (Lipinski definition) is 0. The second-order valence-corrected chi connectivity index (χ2v) is 8.20. The van der Waals surface area contributed by atoms with E-state index in [0.717, 1.165) is 24.0 Å². The molecule has 4 rings (SSSR count). The number of aryl methyl sites for hydroxylation is 4. The summed E-state index contributed by atoms with van der Waals surface area (Å²) < 4.78 is 5.90. The lowest BCUT2D eigenvalue weighted by Gasteiger charge is -2.34. The standard InChI is InChI=1S/C22H29N3/c1-17-9-10-18(15-23(17)2)11-13-24-21-8-6-5-7-19(21)20-16-25(3,4)14-12-22(20)24/h5-10,15H,11-14,16H2,1-4H3/q+2. The van der Waals surface area contributed by atoms with E-state index in [0.29, 0.717) is 0 Å². The van der Waals surface area contributed by atoms with Crippen molar-refractivity contribution < 1.29 is 9.05 Å². The first kappa shape index (κ1) is 16.3. The summed E-state index contributed by atoms with van der Waals surface area (Å²) in [5.74, 6) is 0. The average Bonchev–Trinajstić information content (AvgIpc) is 2.88. The zero-order valence-electron chi connectivity index (χ0n) is 15.9. The molecule has 0 saturated carbocycles. The summed E-state index contributed by atoms with van der Waals surface area (Å²) in [6.07, 6.45) is 4.53. The molecule has 0 aliphatic carbocycles. The Kier molecular flexibility index (Phi) is 3.92. The van der Waals surface area contributed by atoms with Crippen LogP contribution in [0.15, 0.2) is 42.6 Å². The third-order valence-corrected chi connectivity index (χ3v) is 5.81. The van der Waals surface area contributed by atoms with Crippen LogP contribution in [0.1, 0.15) is 22.5 Å². The molecule has 1 aliphatic heterocycles. The molecule has 3 aromatic rings. The van der Waals surface area contributed by atoms with E-state index in [9.17, 15) is 0 Å². The van der Waals surface area contributed by atoms with E-state index in [1.54, 1.807) is 11.3 Å². The monoisotopic (exact) mass is 335 g/mol. The Morgan fingerprint density at radius 3 is 2.72 bits per heavy atom. The number of likely N-dealkylation sites (N-methyl/N-ethyl adjacent to an activating group) is 1. The fourth-order valence-corrected chi connectivity index (χ4v) is 4.19. The second kappa shape index (κ2) is 5.99. The highest BCUT2D eigenvalue weighted by Crippen LogP contribution is 2.32. The molecule has 25 heavy (non-hydrogen) atoms. The molecule has 0 bridgehead atoms. The molecule has 0 N–H and O–H groups in total. The highest BCUT2D eigenvalue weighted by molar-refractivity contribution is 5.85. The predicted octanol–water partition coefficient (Wildman–Crippen LogP) is 3.15. The summed E-state index contributed by atoms with van der Waals surface area (Å²) >= 11 is 0. The lowest BCUT2D eigenvalue weighted by atomic mass is 10.0. The number of para-hydroxylation sites is 1. The highest BCUT2D eigenvalue weighted by Gasteiger charge is 2.29. The van der Waals surface area contributed by atoms with Gasteiger partial charge in [-0.1, -0.05) is 18.2 Å². The van der Waals surface area contributed by atoms with Gasteiger partial charge in [0.2, 0.25) is 0 Å². The van der Waals surface area contributed by atoms with Crippen molar-refractivity contribution in [2.24, 2.45) is 7.05 Å². The molecule has 3 heteroatoms. The summed E-state index contributed by atoms with van der Waals surface area (Å²) in [5, 5.41) is 1.46. The quantitative estimate of drug-likeness (QED) is 0.514. The normalized spacial score (nSPS) is 16.2. The number of hydrogen-bond acceptors (Lipinski definition) is 0. The van der Waals surface area contributed by atoms with Crippen LogP contribution in [0, 0.1) is 6.92 Å². The van der Waals surface area contributed by atoms with Crippen LogP contribution in [0.3, 0.4) is 0 Å². The molecular weight excluding hydrogens is 306 g/mol. The largest absolute Gasteiger partial charge is 0.344 e. The Balaban J connectivity index is 1.71. The van der Waals surface area contributed by atoms with Gasteiger partial charge >= 0.3 is 0 Å². The maximum Gasteiger partial charge on any atom is 0.177 e. The molecule has 0 atom stereocenters. The minimum atomic E-state index is 1.06. The van der Waals surface area contributed by atoms with Gasteiger partial charge in [0.15, 0.2) is 11.9 Å². The summed E-state index contributed by atoms with van der Waals surface area (Å²) in [6, 6.07) is 13.5. The Morgan fingerprint density at radius 1 is 1.12 bits per heavy atom. The Bertz CT molecular complexity index is 934. The summed E-state index contributed by atoms with van der Waals surface area (Å²) in [4.78, 5) is 0. The lowest BCUT2D eigenvalue weighted by molar-refractivity contribution is -0.905. The summed E-state index contributed by atoms with van der Waals surface area (Å²) in [6.45, 7) is 5.58. The van der Waals surface area contributed by atoms with E-state index in [1.165, 1.54) is 35.1 Å². The molecule has 0 fully saturated rings. The number of nitrogens with zero attached hydrogens (tertiary/aromatic N) is 3. The fourth-order valence-electron chi connectivity index (χ4n) is 4.19. The van der Waals surface area contributed by atoms with Gasteiger partial charge in [0.25, 0.3) is 0 Å². The van der Waals surface area contributed by atoms with Crippen LogP contribution < -0.4 is 4.57 Å². The van der Waals surface area contributed by atoms with E-state index in [-0.39, 0.29) is 0 Å². The van der Waals surface area contributed by atoms with Crippen molar-refractivity contribution in [3.05, 3.63) is 65.1 Å². The molecule has 1 aliphatic rings. The van der Waals surface area contributed by atoms with Gasteiger partial charge < -0.3 is 9.05 Å². The molecule has 0 radical (unpaired) electrons. The first-order valence-corrected chi connectivity index (χ1v) is 9.31. The number of aromatic nitrogens is 2. The van der Waals surface area contributed by atoms with Gasteiger partial charge in [0.1, 0.15) is 13.6 Å². The van der Waals surface area contributed by atoms with E-state index < -0.39 is 0 Å². The number of quaternary nitrogens is 1. The van der Waals surface area contributed by atoms with Crippen molar-refractivity contribution in [1.29, 1.82) is 0 Å². The molecule has 0 spiro atoms. The van der Waals surface area contributed by atoms with Gasteiger partial charge in [-0.2, -0.15) is 0 Å². The van der Waals surface area contributed by atoms with Crippen LogP contribution in [-0.4, -0.2) is 29.7 Å². The fraction of sp³-hybridized carbons (Fsp3) is 0.409. The van der Waals surface area contributed by atoms with Gasteiger partial charge in [0.05, 0.1) is 20.6 Å². The van der Waals surface area contributed by atoms with E-state index in [4.69, 9.17) is 0 Å². The molecule has 130 valence electrons. The second-order valence-electron chi connectivity index (χ2n) is 8.20. The van der Waals surface area contributed by atoms with Gasteiger partial charge in [-0.15, -0.1) is 0 Å². The van der Waals surface area contributed by atoms with E-state index in [2.05, 4.69) is 79.8 Å². The number of pyridine rings is 1. The highest BCUT2D eigenvalue weighted by atomic mass is 15.3. The third-order valence-electron chi connectivity index (χ3n) is 5.81. The molecule has 0 saturated heterocycles. The number of rotatable bonds is 3. The van der Waals surface area contributed by atoms with Crippen molar-refractivity contribution in [3.63, 3.8) is 0 Å². The molecule has 0 amide bonds. The van der Waals surface area contributed by atoms with Gasteiger partial charge in [-0.05, 0) is 18.6 Å². The number of fused-ring (bicyclic) bond motifs is 3. The Labute approximate surface area is 150 Å². The molecular formula is C22H29N3+2. The molecule has 0 unspecified atom stereocenters. The number of benzene rings is 1. The lowest BCUT2D eigenvalue weighted by Crippen LogP contribution is -2.43. The first-order valence-electron chi connectivity index (χ1n) is 9.31. The van der Waals surface area contributed by atoms with Crippen LogP contribution in [0.25, 0.3) is 10.9 Å². The topological polar surface area (TPSA) is 8.81 Å². The van der Waals surface area contributed by atoms with Crippen molar-refractivity contribution in [3.8, 4) is 0 Å². The first-order chi connectivity index (χ1) is 11.9. The van der Waals surface area contributed by atoms with Gasteiger partial charge in [-0.3, -0.25) is 0 Å². The van der Waals surface area contributed by atoms with Gasteiger partial charge in [0, 0.05) is 53.7 Å². The smallest absolute Gasteiger partial charge is 0.177 e. The zero-order chi connectivity index (χ0) is 17.6. The minimum absolute atomic E-state index is 1.06. The molecule has 3 nitrogen and oxygen atoms in total. The SMILES string of the molecule is Cc1ccc(CCn2c3c(c4ccccc42)C[N+](C)(C)CC3)c[n+]1C. The van der Waals surface area contributed by atoms with Crippen LogP contribution in [0.2, 0.25) is 0 Å². The van der Waals surface area contributed by atoms with Crippen LogP contribution >= 0.6 is 0 Å². The van der Waals surface area contributed by atoms with Crippen molar-refractivity contribution in [2.75, 3.05) is 20.6 Å².